The van der Waals surface area contributed by atoms with E-state index in [1.807, 2.05) is 12.1 Å². The molecule has 1 heterocycles. The molecule has 3 aromatic carbocycles. The number of carbonyl (C=O) groups excluding carboxylic acids is 1. The van der Waals surface area contributed by atoms with Gasteiger partial charge in [-0.1, -0.05) is 35.9 Å². The maximum atomic E-state index is 12.8. The fourth-order valence-electron chi connectivity index (χ4n) is 3.54. The average Bonchev–Trinajstić information content (AvgIpc) is 3.08. The van der Waals surface area contributed by atoms with Crippen molar-refractivity contribution in [2.75, 3.05) is 14.2 Å². The number of para-hydroxylation sites is 1. The molecule has 5 heteroatoms. The number of carbonyl (C=O) groups is 1. The van der Waals surface area contributed by atoms with Crippen molar-refractivity contribution in [2.24, 2.45) is 0 Å². The molecule has 5 nitrogen and oxygen atoms in total. The zero-order valence-corrected chi connectivity index (χ0v) is 18.0. The monoisotopic (exact) mass is 416 g/mol. The van der Waals surface area contributed by atoms with Crippen molar-refractivity contribution < 1.29 is 23.7 Å². The van der Waals surface area contributed by atoms with Crippen LogP contribution in [0.3, 0.4) is 0 Å². The molecule has 0 amide bonds. The number of allylic oxidation sites excluding steroid dienone is 1. The molecule has 0 spiro atoms. The third-order valence-electron chi connectivity index (χ3n) is 5.26. The van der Waals surface area contributed by atoms with E-state index in [0.717, 1.165) is 5.56 Å². The quantitative estimate of drug-likeness (QED) is 0.496. The van der Waals surface area contributed by atoms with Crippen LogP contribution in [0.5, 0.6) is 23.0 Å². The van der Waals surface area contributed by atoms with Gasteiger partial charge in [-0.2, -0.15) is 0 Å². The minimum absolute atomic E-state index is 0.180. The van der Waals surface area contributed by atoms with Crippen LogP contribution < -0.4 is 18.9 Å². The predicted molar refractivity (Wildman–Crippen MR) is 119 cm³/mol. The summed E-state index contributed by atoms with van der Waals surface area (Å²) in [6.45, 7) is 4.57. The van der Waals surface area contributed by atoms with E-state index in [4.69, 9.17) is 18.9 Å². The highest BCUT2D eigenvalue weighted by atomic mass is 16.5. The van der Waals surface area contributed by atoms with Crippen LogP contribution >= 0.6 is 0 Å². The summed E-state index contributed by atoms with van der Waals surface area (Å²) >= 11 is 0. The van der Waals surface area contributed by atoms with Crippen molar-refractivity contribution in [1.82, 2.24) is 0 Å². The highest BCUT2D eigenvalue weighted by Crippen LogP contribution is 2.37. The first kappa shape index (κ1) is 20.5. The number of ketones is 1. The molecule has 1 aliphatic heterocycles. The van der Waals surface area contributed by atoms with Gasteiger partial charge in [0.1, 0.15) is 18.1 Å². The maximum absolute atomic E-state index is 12.8. The summed E-state index contributed by atoms with van der Waals surface area (Å²) in [6.07, 6.45) is 1.67. The molecule has 1 aliphatic rings. The molecule has 0 bridgehead atoms. The number of fused-ring (bicyclic) bond motifs is 1. The van der Waals surface area contributed by atoms with E-state index in [1.165, 1.54) is 11.1 Å². The first-order valence-electron chi connectivity index (χ1n) is 9.98. The number of methoxy groups -OCH3 is 2. The van der Waals surface area contributed by atoms with Crippen LogP contribution in [-0.4, -0.2) is 20.0 Å². The zero-order valence-electron chi connectivity index (χ0n) is 18.0. The van der Waals surface area contributed by atoms with Gasteiger partial charge in [0.05, 0.1) is 19.8 Å². The normalized spacial score (nSPS) is 13.7. The molecule has 3 aromatic rings. The highest BCUT2D eigenvalue weighted by Gasteiger charge is 2.28. The van der Waals surface area contributed by atoms with Crippen LogP contribution in [-0.2, 0) is 6.61 Å². The second-order valence-corrected chi connectivity index (χ2v) is 7.40. The Hall–Kier alpha value is -3.73. The number of benzene rings is 3. The molecule has 0 unspecified atom stereocenters. The Kier molecular flexibility index (Phi) is 5.67. The van der Waals surface area contributed by atoms with Crippen molar-refractivity contribution in [2.45, 2.75) is 20.5 Å². The van der Waals surface area contributed by atoms with Crippen molar-refractivity contribution in [3.8, 4) is 23.0 Å². The molecule has 0 fully saturated rings. The lowest BCUT2D eigenvalue weighted by atomic mass is 10.1. The van der Waals surface area contributed by atoms with E-state index in [0.29, 0.717) is 40.7 Å². The number of hydrogen-bond donors (Lipinski definition) is 0. The Morgan fingerprint density at radius 3 is 2.58 bits per heavy atom. The van der Waals surface area contributed by atoms with E-state index < -0.39 is 0 Å². The summed E-state index contributed by atoms with van der Waals surface area (Å²) in [5.74, 6) is 2.31. The van der Waals surface area contributed by atoms with E-state index in [9.17, 15) is 4.79 Å². The molecule has 0 radical (unpaired) electrons. The smallest absolute Gasteiger partial charge is 0.231 e. The van der Waals surface area contributed by atoms with Crippen molar-refractivity contribution >= 4 is 11.9 Å². The third-order valence-corrected chi connectivity index (χ3v) is 5.26. The standard InChI is InChI=1S/C26H24O5/c1-16-8-9-17(2)19(12-16)15-30-20-10-11-21-23(14-20)31-24(25(21)27)13-18-6-5-7-22(28-3)26(18)29-4/h5-14H,15H2,1-4H3. The lowest BCUT2D eigenvalue weighted by Crippen LogP contribution is -1.99. The minimum atomic E-state index is -0.180. The lowest BCUT2D eigenvalue weighted by Gasteiger charge is -2.10. The number of rotatable bonds is 6. The van der Waals surface area contributed by atoms with Gasteiger partial charge in [0, 0.05) is 11.6 Å². The Bertz CT molecular complexity index is 1180. The number of hydrogen-bond acceptors (Lipinski definition) is 5. The zero-order chi connectivity index (χ0) is 22.0. The molecule has 0 saturated heterocycles. The van der Waals surface area contributed by atoms with Crippen LogP contribution in [0.25, 0.3) is 6.08 Å². The van der Waals surface area contributed by atoms with Gasteiger partial charge in [0.2, 0.25) is 5.78 Å². The van der Waals surface area contributed by atoms with E-state index in [-0.39, 0.29) is 11.5 Å². The van der Waals surface area contributed by atoms with Gasteiger partial charge in [-0.3, -0.25) is 4.79 Å². The van der Waals surface area contributed by atoms with Gasteiger partial charge in [-0.15, -0.1) is 0 Å². The molecule has 0 N–H and O–H groups in total. The SMILES string of the molecule is COc1cccc(C=C2Oc3cc(OCc4cc(C)ccc4C)ccc3C2=O)c1OC. The maximum Gasteiger partial charge on any atom is 0.231 e. The van der Waals surface area contributed by atoms with E-state index in [2.05, 4.69) is 32.0 Å². The molecular weight excluding hydrogens is 392 g/mol. The Balaban J connectivity index is 1.56. The summed E-state index contributed by atoms with van der Waals surface area (Å²) in [5.41, 5.74) is 4.70. The molecule has 158 valence electrons. The largest absolute Gasteiger partial charge is 0.493 e. The Labute approximate surface area is 181 Å². The van der Waals surface area contributed by atoms with Gasteiger partial charge < -0.3 is 18.9 Å². The average molecular weight is 416 g/mol. The predicted octanol–water partition coefficient (Wildman–Crippen LogP) is 5.52. The topological polar surface area (TPSA) is 54.0 Å². The molecule has 31 heavy (non-hydrogen) atoms. The van der Waals surface area contributed by atoms with Crippen molar-refractivity contribution in [3.05, 3.63) is 88.2 Å². The van der Waals surface area contributed by atoms with Gasteiger partial charge in [-0.05, 0) is 49.2 Å². The summed E-state index contributed by atoms with van der Waals surface area (Å²) in [5, 5.41) is 0. The summed E-state index contributed by atoms with van der Waals surface area (Å²) in [7, 11) is 3.13. The highest BCUT2D eigenvalue weighted by molar-refractivity contribution is 6.14. The third kappa shape index (κ3) is 4.12. The van der Waals surface area contributed by atoms with Crippen LogP contribution in [0.1, 0.15) is 32.6 Å². The minimum Gasteiger partial charge on any atom is -0.493 e. The van der Waals surface area contributed by atoms with Crippen molar-refractivity contribution in [3.63, 3.8) is 0 Å². The molecule has 0 aromatic heterocycles. The first-order valence-corrected chi connectivity index (χ1v) is 9.98. The first-order chi connectivity index (χ1) is 15.0. The molecular formula is C26H24O5. The molecule has 0 atom stereocenters. The fourth-order valence-corrected chi connectivity index (χ4v) is 3.54. The summed E-state index contributed by atoms with van der Waals surface area (Å²) < 4.78 is 22.6. The summed E-state index contributed by atoms with van der Waals surface area (Å²) in [4.78, 5) is 12.8. The van der Waals surface area contributed by atoms with E-state index in [1.54, 1.807) is 44.6 Å². The number of ether oxygens (including phenoxy) is 4. The Morgan fingerprint density at radius 2 is 1.81 bits per heavy atom. The lowest BCUT2D eigenvalue weighted by molar-refractivity contribution is 0.101. The second kappa shape index (κ2) is 8.56. The van der Waals surface area contributed by atoms with Gasteiger partial charge in [0.15, 0.2) is 17.3 Å². The fraction of sp³-hybridized carbons (Fsp3) is 0.192. The Morgan fingerprint density at radius 1 is 0.968 bits per heavy atom. The summed E-state index contributed by atoms with van der Waals surface area (Å²) in [6, 6.07) is 17.0. The molecule has 4 rings (SSSR count). The van der Waals surface area contributed by atoms with E-state index >= 15 is 0 Å². The van der Waals surface area contributed by atoms with Crippen LogP contribution in [0, 0.1) is 13.8 Å². The van der Waals surface area contributed by atoms with Gasteiger partial charge in [-0.25, -0.2) is 0 Å². The number of Topliss-reactive ketones (excluding diaryl/α,β-unsaturated/α-hetero) is 1. The second-order valence-electron chi connectivity index (χ2n) is 7.40. The molecule has 0 aliphatic carbocycles. The van der Waals surface area contributed by atoms with Gasteiger partial charge >= 0.3 is 0 Å². The van der Waals surface area contributed by atoms with Crippen LogP contribution in [0.15, 0.2) is 60.4 Å². The van der Waals surface area contributed by atoms with Gasteiger partial charge in [0.25, 0.3) is 0 Å². The number of aryl methyl sites for hydroxylation is 2. The van der Waals surface area contributed by atoms with Crippen LogP contribution in [0.4, 0.5) is 0 Å². The van der Waals surface area contributed by atoms with Crippen LogP contribution in [0.2, 0.25) is 0 Å². The van der Waals surface area contributed by atoms with Crippen molar-refractivity contribution in [1.29, 1.82) is 0 Å². The molecule has 0 saturated carbocycles.